The summed E-state index contributed by atoms with van der Waals surface area (Å²) < 4.78 is 29.6. The van der Waals surface area contributed by atoms with Crippen molar-refractivity contribution < 1.29 is 13.6 Å². The second-order valence-electron chi connectivity index (χ2n) is 7.59. The summed E-state index contributed by atoms with van der Waals surface area (Å²) in [6.07, 6.45) is 1.61. The van der Waals surface area contributed by atoms with Crippen LogP contribution in [-0.2, 0) is 16.8 Å². The van der Waals surface area contributed by atoms with Crippen LogP contribution in [0, 0.1) is 11.6 Å². The number of nitrogens with one attached hydrogen (secondary N) is 1. The Morgan fingerprint density at radius 1 is 1.19 bits per heavy atom. The third kappa shape index (κ3) is 2.94. The topological polar surface area (TPSA) is 98.5 Å². The van der Waals surface area contributed by atoms with Crippen molar-refractivity contribution in [2.24, 2.45) is 0 Å². The van der Waals surface area contributed by atoms with Gasteiger partial charge in [-0.1, -0.05) is 25.1 Å². The molecule has 5 rings (SSSR count). The Balaban J connectivity index is 1.65. The second-order valence-corrected chi connectivity index (χ2v) is 7.59. The van der Waals surface area contributed by atoms with Crippen LogP contribution in [0.5, 0.6) is 0 Å². The molecule has 3 aromatic heterocycles. The highest BCUT2D eigenvalue weighted by molar-refractivity contribution is 6.04. The van der Waals surface area contributed by atoms with Gasteiger partial charge >= 0.3 is 0 Å². The molecular formula is C21H17F2N7O. The SMILES string of the molecule is CC[C@@]1(C)C(=O)Nc2nc(-c3nn(Cc4ccccc4F)c4ncc(F)cc34)nnc21. The first-order chi connectivity index (χ1) is 14.9. The van der Waals surface area contributed by atoms with E-state index < -0.39 is 11.2 Å². The summed E-state index contributed by atoms with van der Waals surface area (Å²) in [7, 11) is 0. The van der Waals surface area contributed by atoms with Gasteiger partial charge in [-0.3, -0.25) is 4.79 Å². The van der Waals surface area contributed by atoms with Crippen LogP contribution >= 0.6 is 0 Å². The van der Waals surface area contributed by atoms with E-state index in [1.165, 1.54) is 16.8 Å². The fraction of sp³-hybridized carbons (Fsp3) is 0.238. The Hall–Kier alpha value is -3.82. The Morgan fingerprint density at radius 3 is 2.77 bits per heavy atom. The fourth-order valence-corrected chi connectivity index (χ4v) is 3.66. The maximum Gasteiger partial charge on any atom is 0.237 e. The zero-order valence-corrected chi connectivity index (χ0v) is 16.7. The Kier molecular flexibility index (Phi) is 4.24. The van der Waals surface area contributed by atoms with E-state index in [0.29, 0.717) is 34.5 Å². The lowest BCUT2D eigenvalue weighted by Crippen LogP contribution is -2.30. The third-order valence-electron chi connectivity index (χ3n) is 5.69. The predicted molar refractivity (Wildman–Crippen MR) is 108 cm³/mol. The van der Waals surface area contributed by atoms with Crippen LogP contribution in [-0.4, -0.2) is 35.9 Å². The van der Waals surface area contributed by atoms with Gasteiger partial charge in [0.1, 0.15) is 23.0 Å². The number of fused-ring (bicyclic) bond motifs is 2. The molecule has 0 unspecified atom stereocenters. The van der Waals surface area contributed by atoms with Crippen molar-refractivity contribution in [2.45, 2.75) is 32.2 Å². The second kappa shape index (κ2) is 6.86. The van der Waals surface area contributed by atoms with Gasteiger partial charge in [0.25, 0.3) is 0 Å². The summed E-state index contributed by atoms with van der Waals surface area (Å²) in [4.78, 5) is 21.0. The van der Waals surface area contributed by atoms with Crippen molar-refractivity contribution in [1.82, 2.24) is 29.9 Å². The van der Waals surface area contributed by atoms with Gasteiger partial charge in [-0.25, -0.2) is 23.4 Å². The molecule has 1 amide bonds. The average molecular weight is 421 g/mol. The zero-order valence-electron chi connectivity index (χ0n) is 16.7. The van der Waals surface area contributed by atoms with Gasteiger partial charge in [-0.05, 0) is 25.5 Å². The van der Waals surface area contributed by atoms with Gasteiger partial charge in [0.15, 0.2) is 11.5 Å². The van der Waals surface area contributed by atoms with E-state index in [1.54, 1.807) is 25.1 Å². The molecule has 1 atom stereocenters. The number of benzene rings is 1. The van der Waals surface area contributed by atoms with Gasteiger partial charge < -0.3 is 5.32 Å². The molecule has 0 radical (unpaired) electrons. The van der Waals surface area contributed by atoms with E-state index in [4.69, 9.17) is 0 Å². The lowest BCUT2D eigenvalue weighted by atomic mass is 9.85. The van der Waals surface area contributed by atoms with Crippen LogP contribution in [0.15, 0.2) is 36.5 Å². The maximum atomic E-state index is 14.2. The highest BCUT2D eigenvalue weighted by Gasteiger charge is 2.44. The van der Waals surface area contributed by atoms with Crippen LogP contribution in [0.25, 0.3) is 22.6 Å². The van der Waals surface area contributed by atoms with Crippen molar-refractivity contribution in [3.8, 4) is 11.5 Å². The van der Waals surface area contributed by atoms with Crippen molar-refractivity contribution in [1.29, 1.82) is 0 Å². The van der Waals surface area contributed by atoms with E-state index in [0.717, 1.165) is 6.20 Å². The van der Waals surface area contributed by atoms with E-state index in [1.807, 2.05) is 6.92 Å². The van der Waals surface area contributed by atoms with Crippen molar-refractivity contribution in [3.05, 3.63) is 59.4 Å². The van der Waals surface area contributed by atoms with Gasteiger partial charge in [0, 0.05) is 5.56 Å². The van der Waals surface area contributed by atoms with E-state index >= 15 is 0 Å². The lowest BCUT2D eigenvalue weighted by Gasteiger charge is -2.16. The number of anilines is 1. The average Bonchev–Trinajstić information content (AvgIpc) is 3.24. The van der Waals surface area contributed by atoms with Gasteiger partial charge in [0.05, 0.1) is 23.5 Å². The number of amides is 1. The highest BCUT2D eigenvalue weighted by Crippen LogP contribution is 2.38. The molecule has 0 saturated carbocycles. The number of aromatic nitrogens is 6. The smallest absolute Gasteiger partial charge is 0.237 e. The fourth-order valence-electron chi connectivity index (χ4n) is 3.66. The lowest BCUT2D eigenvalue weighted by molar-refractivity contribution is -0.120. The molecule has 31 heavy (non-hydrogen) atoms. The molecule has 1 aliphatic heterocycles. The largest absolute Gasteiger partial charge is 0.308 e. The van der Waals surface area contributed by atoms with E-state index in [2.05, 4.69) is 30.6 Å². The number of rotatable bonds is 4. The molecule has 0 fully saturated rings. The normalized spacial score (nSPS) is 17.7. The molecule has 1 N–H and O–H groups in total. The molecular weight excluding hydrogens is 404 g/mol. The molecule has 0 spiro atoms. The van der Waals surface area contributed by atoms with Crippen LogP contribution < -0.4 is 5.32 Å². The minimum Gasteiger partial charge on any atom is -0.308 e. The minimum absolute atomic E-state index is 0.0881. The third-order valence-corrected chi connectivity index (χ3v) is 5.69. The Morgan fingerprint density at radius 2 is 2.00 bits per heavy atom. The summed E-state index contributed by atoms with van der Waals surface area (Å²) in [5.74, 6) is -0.719. The predicted octanol–water partition coefficient (Wildman–Crippen LogP) is 3.23. The number of hydrogen-bond donors (Lipinski definition) is 1. The first-order valence-corrected chi connectivity index (χ1v) is 9.73. The van der Waals surface area contributed by atoms with Gasteiger partial charge in [-0.15, -0.1) is 10.2 Å². The zero-order chi connectivity index (χ0) is 21.8. The molecule has 4 aromatic rings. The number of nitrogens with zero attached hydrogens (tertiary/aromatic N) is 6. The van der Waals surface area contributed by atoms with Crippen LogP contribution in [0.2, 0.25) is 0 Å². The van der Waals surface area contributed by atoms with Crippen LogP contribution in [0.1, 0.15) is 31.5 Å². The Bertz CT molecular complexity index is 1350. The summed E-state index contributed by atoms with van der Waals surface area (Å²) in [5, 5.41) is 16.0. The monoisotopic (exact) mass is 421 g/mol. The molecule has 0 saturated heterocycles. The molecule has 156 valence electrons. The molecule has 10 heteroatoms. The molecule has 0 bridgehead atoms. The number of carbonyl (C=O) groups is 1. The highest BCUT2D eigenvalue weighted by atomic mass is 19.1. The van der Waals surface area contributed by atoms with Gasteiger partial charge in [-0.2, -0.15) is 5.10 Å². The van der Waals surface area contributed by atoms with Crippen molar-refractivity contribution in [2.75, 3.05) is 5.32 Å². The number of hydrogen-bond acceptors (Lipinski definition) is 6. The number of halogens is 2. The maximum absolute atomic E-state index is 14.2. The summed E-state index contributed by atoms with van der Waals surface area (Å²) in [6.45, 7) is 3.75. The minimum atomic E-state index is -0.812. The summed E-state index contributed by atoms with van der Waals surface area (Å²) in [5.41, 5.74) is 0.652. The van der Waals surface area contributed by atoms with Crippen molar-refractivity contribution in [3.63, 3.8) is 0 Å². The summed E-state index contributed by atoms with van der Waals surface area (Å²) >= 11 is 0. The Labute approximate surface area is 175 Å². The quantitative estimate of drug-likeness (QED) is 0.543. The summed E-state index contributed by atoms with van der Waals surface area (Å²) in [6, 6.07) is 7.59. The molecule has 1 aromatic carbocycles. The van der Waals surface area contributed by atoms with E-state index in [-0.39, 0.29) is 29.8 Å². The first kappa shape index (κ1) is 19.2. The van der Waals surface area contributed by atoms with Crippen LogP contribution in [0.4, 0.5) is 14.6 Å². The van der Waals surface area contributed by atoms with E-state index in [9.17, 15) is 13.6 Å². The van der Waals surface area contributed by atoms with Crippen molar-refractivity contribution >= 4 is 22.8 Å². The van der Waals surface area contributed by atoms with Gasteiger partial charge in [0.2, 0.25) is 11.7 Å². The molecule has 8 nitrogen and oxygen atoms in total. The molecule has 4 heterocycles. The first-order valence-electron chi connectivity index (χ1n) is 9.73. The number of carbonyl (C=O) groups excluding carboxylic acids is 1. The molecule has 1 aliphatic rings. The molecule has 0 aliphatic carbocycles. The standard InChI is InChI=1S/C21H17F2N7O/c1-3-21(2)16-18(26-20(21)31)25-17(28-27-16)15-13-8-12(22)9-24-19(13)30(29-15)10-11-6-4-5-7-14(11)23/h4-9H,3,10H2,1-2H3,(H,25,26,28,31)/t21-/m1/s1. The van der Waals surface area contributed by atoms with Crippen LogP contribution in [0.3, 0.4) is 0 Å². The number of pyridine rings is 1.